The van der Waals surface area contributed by atoms with E-state index in [4.69, 9.17) is 0 Å². The number of nitrogens with one attached hydrogen (secondary N) is 1. The molecule has 3 rings (SSSR count). The number of carbonyl (C=O) groups is 2. The van der Waals surface area contributed by atoms with E-state index in [0.717, 1.165) is 37.2 Å². The number of thiophene rings is 1. The number of rotatable bonds is 5. The van der Waals surface area contributed by atoms with Gasteiger partial charge in [0.25, 0.3) is 0 Å². The van der Waals surface area contributed by atoms with Crippen LogP contribution in [0.25, 0.3) is 0 Å². The molecule has 132 valence electrons. The molecule has 0 aliphatic carbocycles. The summed E-state index contributed by atoms with van der Waals surface area (Å²) in [6.07, 6.45) is 2.04. The molecule has 1 aliphatic heterocycles. The molecule has 2 heterocycles. The predicted molar refractivity (Wildman–Crippen MR) is 97.8 cm³/mol. The molecule has 6 heteroatoms. The molecule has 0 bridgehead atoms. The number of nitrogens with zero attached hydrogens (tertiary/aromatic N) is 1. The van der Waals surface area contributed by atoms with Crippen molar-refractivity contribution in [3.05, 3.63) is 52.0 Å². The summed E-state index contributed by atoms with van der Waals surface area (Å²) >= 11 is 1.38. The molecule has 1 fully saturated rings. The van der Waals surface area contributed by atoms with Crippen molar-refractivity contribution in [1.29, 1.82) is 0 Å². The Balaban J connectivity index is 1.47. The average molecular weight is 360 g/mol. The highest BCUT2D eigenvalue weighted by atomic mass is 32.1. The fourth-order valence-electron chi connectivity index (χ4n) is 3.05. The van der Waals surface area contributed by atoms with Crippen molar-refractivity contribution in [2.45, 2.75) is 32.2 Å². The molecular weight excluding hydrogens is 339 g/mol. The summed E-state index contributed by atoms with van der Waals surface area (Å²) in [6.45, 7) is 3.21. The average Bonchev–Trinajstić information content (AvgIpc) is 3.05. The van der Waals surface area contributed by atoms with Gasteiger partial charge in [0.1, 0.15) is 5.82 Å². The lowest BCUT2D eigenvalue weighted by molar-refractivity contribution is -0.121. The summed E-state index contributed by atoms with van der Waals surface area (Å²) in [5.74, 6) is -0.204. The first-order valence-corrected chi connectivity index (χ1v) is 9.27. The number of hydrogen-bond donors (Lipinski definition) is 1. The Kier molecular flexibility index (Phi) is 5.48. The van der Waals surface area contributed by atoms with E-state index in [0.29, 0.717) is 11.3 Å². The standard InChI is InChI=1S/C19H21FN2O2S/c1-13(23)18-10-14(12-25-18)11-19(24)21-16-6-8-22(9-7-16)17-4-2-15(20)3-5-17/h2-5,10,12,16H,6-9,11H2,1H3,(H,21,24). The third kappa shape index (κ3) is 4.66. The van der Waals surface area contributed by atoms with Crippen LogP contribution in [0, 0.1) is 5.82 Å². The third-order valence-corrected chi connectivity index (χ3v) is 5.50. The Bertz CT molecular complexity index is 749. The van der Waals surface area contributed by atoms with Crippen molar-refractivity contribution in [2.75, 3.05) is 18.0 Å². The van der Waals surface area contributed by atoms with E-state index in [9.17, 15) is 14.0 Å². The van der Waals surface area contributed by atoms with Crippen molar-refractivity contribution in [3.63, 3.8) is 0 Å². The van der Waals surface area contributed by atoms with Gasteiger partial charge in [0.2, 0.25) is 5.91 Å². The minimum Gasteiger partial charge on any atom is -0.371 e. The van der Waals surface area contributed by atoms with Gasteiger partial charge in [0, 0.05) is 24.8 Å². The van der Waals surface area contributed by atoms with E-state index in [2.05, 4.69) is 10.2 Å². The largest absolute Gasteiger partial charge is 0.371 e. The minimum atomic E-state index is -0.229. The zero-order valence-corrected chi connectivity index (χ0v) is 14.9. The molecule has 1 amide bonds. The molecule has 1 saturated heterocycles. The smallest absolute Gasteiger partial charge is 0.224 e. The Morgan fingerprint density at radius 1 is 1.24 bits per heavy atom. The van der Waals surface area contributed by atoms with Crippen LogP contribution >= 0.6 is 11.3 Å². The summed E-state index contributed by atoms with van der Waals surface area (Å²) in [7, 11) is 0. The summed E-state index contributed by atoms with van der Waals surface area (Å²) in [5, 5.41) is 4.95. The van der Waals surface area contributed by atoms with E-state index in [-0.39, 0.29) is 23.5 Å². The van der Waals surface area contributed by atoms with Gasteiger partial charge in [0.15, 0.2) is 5.78 Å². The second-order valence-electron chi connectivity index (χ2n) is 6.36. The van der Waals surface area contributed by atoms with Crippen LogP contribution in [0.2, 0.25) is 0 Å². The van der Waals surface area contributed by atoms with Gasteiger partial charge >= 0.3 is 0 Å². The second-order valence-corrected chi connectivity index (χ2v) is 7.27. The van der Waals surface area contributed by atoms with Crippen molar-refractivity contribution >= 4 is 28.7 Å². The molecule has 0 saturated carbocycles. The number of piperidine rings is 1. The zero-order valence-electron chi connectivity index (χ0n) is 14.1. The molecule has 0 unspecified atom stereocenters. The molecule has 2 aromatic rings. The van der Waals surface area contributed by atoms with Crippen molar-refractivity contribution < 1.29 is 14.0 Å². The van der Waals surface area contributed by atoms with E-state index in [1.165, 1.54) is 30.4 Å². The van der Waals surface area contributed by atoms with Crippen LogP contribution in [0.5, 0.6) is 0 Å². The fourth-order valence-corrected chi connectivity index (χ4v) is 3.87. The number of amides is 1. The highest BCUT2D eigenvalue weighted by Crippen LogP contribution is 2.21. The first kappa shape index (κ1) is 17.6. The number of anilines is 1. The number of benzene rings is 1. The summed E-state index contributed by atoms with van der Waals surface area (Å²) in [4.78, 5) is 26.4. The first-order valence-electron chi connectivity index (χ1n) is 8.39. The van der Waals surface area contributed by atoms with E-state index in [1.54, 1.807) is 18.2 Å². The van der Waals surface area contributed by atoms with Crippen LogP contribution in [0.1, 0.15) is 35.0 Å². The number of Topliss-reactive ketones (excluding diaryl/α,β-unsaturated/α-hetero) is 1. The SMILES string of the molecule is CC(=O)c1cc(CC(=O)NC2CCN(c3ccc(F)cc3)CC2)cs1. The minimum absolute atomic E-state index is 0.00636. The van der Waals surface area contributed by atoms with Gasteiger partial charge in [-0.25, -0.2) is 4.39 Å². The van der Waals surface area contributed by atoms with E-state index < -0.39 is 0 Å². The maximum atomic E-state index is 13.0. The maximum absolute atomic E-state index is 13.0. The first-order chi connectivity index (χ1) is 12.0. The van der Waals surface area contributed by atoms with Gasteiger partial charge < -0.3 is 10.2 Å². The normalized spacial score (nSPS) is 15.2. The molecule has 1 aromatic carbocycles. The van der Waals surface area contributed by atoms with Gasteiger partial charge in [-0.15, -0.1) is 11.3 Å². The Hall–Kier alpha value is -2.21. The molecule has 0 atom stereocenters. The van der Waals surface area contributed by atoms with Crippen molar-refractivity contribution in [1.82, 2.24) is 5.32 Å². The number of carbonyl (C=O) groups excluding carboxylic acids is 2. The highest BCUT2D eigenvalue weighted by molar-refractivity contribution is 7.12. The molecule has 25 heavy (non-hydrogen) atoms. The van der Waals surface area contributed by atoms with Gasteiger partial charge in [0.05, 0.1) is 11.3 Å². The Morgan fingerprint density at radius 2 is 1.92 bits per heavy atom. The highest BCUT2D eigenvalue weighted by Gasteiger charge is 2.21. The monoisotopic (exact) mass is 360 g/mol. The molecular formula is C19H21FN2O2S. The summed E-state index contributed by atoms with van der Waals surface area (Å²) in [6, 6.07) is 8.48. The zero-order chi connectivity index (χ0) is 17.8. The molecule has 0 radical (unpaired) electrons. The van der Waals surface area contributed by atoms with Crippen LogP contribution in [0.3, 0.4) is 0 Å². The molecule has 4 nitrogen and oxygen atoms in total. The van der Waals surface area contributed by atoms with E-state index in [1.807, 2.05) is 5.38 Å². The number of ketones is 1. The third-order valence-electron chi connectivity index (χ3n) is 4.42. The molecule has 1 N–H and O–H groups in total. The lowest BCUT2D eigenvalue weighted by atomic mass is 10.0. The van der Waals surface area contributed by atoms with Crippen LogP contribution in [-0.4, -0.2) is 30.8 Å². The van der Waals surface area contributed by atoms with Crippen LogP contribution in [-0.2, 0) is 11.2 Å². The van der Waals surface area contributed by atoms with Crippen molar-refractivity contribution in [2.24, 2.45) is 0 Å². The van der Waals surface area contributed by atoms with Crippen LogP contribution in [0.4, 0.5) is 10.1 Å². The fraction of sp³-hybridized carbons (Fsp3) is 0.368. The van der Waals surface area contributed by atoms with Crippen LogP contribution < -0.4 is 10.2 Å². The summed E-state index contributed by atoms with van der Waals surface area (Å²) in [5.41, 5.74) is 1.90. The quantitative estimate of drug-likeness (QED) is 0.831. The number of hydrogen-bond acceptors (Lipinski definition) is 4. The topological polar surface area (TPSA) is 49.4 Å². The second kappa shape index (κ2) is 7.78. The van der Waals surface area contributed by atoms with Crippen LogP contribution in [0.15, 0.2) is 35.7 Å². The molecule has 1 aliphatic rings. The van der Waals surface area contributed by atoms with Gasteiger partial charge in [-0.3, -0.25) is 9.59 Å². The predicted octanol–water partition coefficient (Wildman–Crippen LogP) is 3.42. The van der Waals surface area contributed by atoms with Gasteiger partial charge in [-0.1, -0.05) is 0 Å². The number of halogens is 1. The lowest BCUT2D eigenvalue weighted by Gasteiger charge is -2.34. The lowest BCUT2D eigenvalue weighted by Crippen LogP contribution is -2.45. The van der Waals surface area contributed by atoms with E-state index >= 15 is 0 Å². The van der Waals surface area contributed by atoms with Gasteiger partial charge in [-0.05, 0) is 61.0 Å². The molecule has 1 aromatic heterocycles. The van der Waals surface area contributed by atoms with Crippen molar-refractivity contribution in [3.8, 4) is 0 Å². The Morgan fingerprint density at radius 3 is 2.52 bits per heavy atom. The molecule has 0 spiro atoms. The maximum Gasteiger partial charge on any atom is 0.224 e. The summed E-state index contributed by atoms with van der Waals surface area (Å²) < 4.78 is 13.0. The Labute approximate surface area is 150 Å². The van der Waals surface area contributed by atoms with Gasteiger partial charge in [-0.2, -0.15) is 0 Å².